The third-order valence-electron chi connectivity index (χ3n) is 5.70. The van der Waals surface area contributed by atoms with Gasteiger partial charge in [-0.3, -0.25) is 14.4 Å². The molecule has 2 aromatic carbocycles. The van der Waals surface area contributed by atoms with E-state index in [0.717, 1.165) is 11.1 Å². The van der Waals surface area contributed by atoms with Gasteiger partial charge in [0.25, 0.3) is 5.91 Å². The fraction of sp³-hybridized carbons (Fsp3) is 0.400. The summed E-state index contributed by atoms with van der Waals surface area (Å²) < 4.78 is 5.20. The van der Waals surface area contributed by atoms with Crippen LogP contribution in [-0.2, 0) is 16.0 Å². The van der Waals surface area contributed by atoms with E-state index in [2.05, 4.69) is 10.6 Å². The van der Waals surface area contributed by atoms with Crippen LogP contribution in [0.25, 0.3) is 0 Å². The highest BCUT2D eigenvalue weighted by molar-refractivity contribution is 5.94. The molecule has 7 heteroatoms. The number of amides is 3. The molecule has 0 aromatic heterocycles. The molecule has 3 amide bonds. The van der Waals surface area contributed by atoms with Gasteiger partial charge in [-0.15, -0.1) is 0 Å². The van der Waals surface area contributed by atoms with Gasteiger partial charge in [0.05, 0.1) is 7.11 Å². The van der Waals surface area contributed by atoms with Crippen molar-refractivity contribution in [3.8, 4) is 5.75 Å². The van der Waals surface area contributed by atoms with Crippen molar-refractivity contribution in [3.05, 3.63) is 65.2 Å². The molecule has 32 heavy (non-hydrogen) atoms. The largest absolute Gasteiger partial charge is 0.497 e. The second-order valence-corrected chi connectivity index (χ2v) is 8.25. The average molecular weight is 438 g/mol. The van der Waals surface area contributed by atoms with Gasteiger partial charge in [0.1, 0.15) is 11.8 Å². The Morgan fingerprint density at radius 2 is 1.78 bits per heavy atom. The molecule has 1 heterocycles. The van der Waals surface area contributed by atoms with E-state index in [0.29, 0.717) is 43.7 Å². The van der Waals surface area contributed by atoms with Crippen LogP contribution in [-0.4, -0.2) is 54.9 Å². The zero-order chi connectivity index (χ0) is 23.1. The van der Waals surface area contributed by atoms with Gasteiger partial charge >= 0.3 is 0 Å². The fourth-order valence-corrected chi connectivity index (χ4v) is 3.88. The summed E-state index contributed by atoms with van der Waals surface area (Å²) in [7, 11) is 1.57. The van der Waals surface area contributed by atoms with Crippen molar-refractivity contribution in [2.45, 2.75) is 45.2 Å². The number of nitrogens with one attached hydrogen (secondary N) is 2. The summed E-state index contributed by atoms with van der Waals surface area (Å²) in [5, 5.41) is 5.83. The second kappa shape index (κ2) is 10.8. The molecule has 0 bridgehead atoms. The van der Waals surface area contributed by atoms with Gasteiger partial charge in [0, 0.05) is 38.0 Å². The number of likely N-dealkylation sites (tertiary alicyclic amines) is 1. The van der Waals surface area contributed by atoms with Crippen LogP contribution in [0.2, 0.25) is 0 Å². The molecule has 0 saturated carbocycles. The molecule has 2 aromatic rings. The van der Waals surface area contributed by atoms with Crippen LogP contribution in [0.5, 0.6) is 5.75 Å². The van der Waals surface area contributed by atoms with Crippen LogP contribution in [0.3, 0.4) is 0 Å². The van der Waals surface area contributed by atoms with Crippen molar-refractivity contribution >= 4 is 17.7 Å². The summed E-state index contributed by atoms with van der Waals surface area (Å²) in [6, 6.07) is 14.4. The maximum absolute atomic E-state index is 12.9. The molecular formula is C25H31N3O4. The molecule has 1 saturated heterocycles. The Kier molecular flexibility index (Phi) is 7.87. The minimum atomic E-state index is -0.633. The number of aryl methyl sites for hydroxylation is 1. The maximum Gasteiger partial charge on any atom is 0.253 e. The lowest BCUT2D eigenvalue weighted by Gasteiger charge is -2.33. The van der Waals surface area contributed by atoms with Crippen LogP contribution in [0.15, 0.2) is 48.5 Å². The molecule has 2 N–H and O–H groups in total. The van der Waals surface area contributed by atoms with Gasteiger partial charge in [-0.2, -0.15) is 0 Å². The van der Waals surface area contributed by atoms with Crippen LogP contribution in [0.4, 0.5) is 0 Å². The highest BCUT2D eigenvalue weighted by Crippen LogP contribution is 2.18. The molecular weight excluding hydrogens is 406 g/mol. The third kappa shape index (κ3) is 6.33. The van der Waals surface area contributed by atoms with E-state index in [1.165, 1.54) is 6.92 Å². The van der Waals surface area contributed by atoms with Crippen molar-refractivity contribution in [2.75, 3.05) is 20.2 Å². The predicted octanol–water partition coefficient (Wildman–Crippen LogP) is 2.47. The lowest BCUT2D eigenvalue weighted by atomic mass is 10.0. The smallest absolute Gasteiger partial charge is 0.253 e. The van der Waals surface area contributed by atoms with Crippen molar-refractivity contribution in [1.82, 2.24) is 15.5 Å². The van der Waals surface area contributed by atoms with E-state index >= 15 is 0 Å². The summed E-state index contributed by atoms with van der Waals surface area (Å²) in [6.07, 6.45) is 1.76. The minimum Gasteiger partial charge on any atom is -0.497 e. The standard InChI is InChI=1S/C25H31N3O4/c1-17-7-9-19(10-8-17)15-23(26-18(2)29)24(30)27-21-11-13-28(14-12-21)25(31)20-5-4-6-22(16-20)32-3/h4-10,16,21,23H,11-15H2,1-3H3,(H,26,29)(H,27,30). The predicted molar refractivity (Wildman–Crippen MR) is 123 cm³/mol. The van der Waals surface area contributed by atoms with Gasteiger partial charge in [-0.25, -0.2) is 0 Å². The van der Waals surface area contributed by atoms with E-state index in [-0.39, 0.29) is 23.8 Å². The number of hydrogen-bond donors (Lipinski definition) is 2. The van der Waals surface area contributed by atoms with Gasteiger partial charge in [0.15, 0.2) is 0 Å². The normalized spacial score (nSPS) is 15.0. The lowest BCUT2D eigenvalue weighted by molar-refractivity contribution is -0.128. The molecule has 0 aliphatic carbocycles. The quantitative estimate of drug-likeness (QED) is 0.697. The van der Waals surface area contributed by atoms with E-state index in [4.69, 9.17) is 4.74 Å². The summed E-state index contributed by atoms with van der Waals surface area (Å²) in [5.74, 6) is 0.175. The third-order valence-corrected chi connectivity index (χ3v) is 5.70. The fourth-order valence-electron chi connectivity index (χ4n) is 3.88. The van der Waals surface area contributed by atoms with Crippen LogP contribution < -0.4 is 15.4 Å². The summed E-state index contributed by atoms with van der Waals surface area (Å²) >= 11 is 0. The molecule has 1 atom stereocenters. The highest BCUT2D eigenvalue weighted by Gasteiger charge is 2.27. The summed E-state index contributed by atoms with van der Waals surface area (Å²) in [4.78, 5) is 39.1. The molecule has 170 valence electrons. The van der Waals surface area contributed by atoms with Gasteiger partial charge in [-0.1, -0.05) is 35.9 Å². The number of benzene rings is 2. The van der Waals surface area contributed by atoms with Gasteiger partial charge in [-0.05, 0) is 43.5 Å². The number of carbonyl (C=O) groups is 3. The molecule has 1 aliphatic rings. The number of piperidine rings is 1. The number of carbonyl (C=O) groups excluding carboxylic acids is 3. The highest BCUT2D eigenvalue weighted by atomic mass is 16.5. The Morgan fingerprint density at radius 3 is 2.41 bits per heavy atom. The molecule has 3 rings (SSSR count). The van der Waals surface area contributed by atoms with Crippen LogP contribution in [0, 0.1) is 6.92 Å². The maximum atomic E-state index is 12.9. The van der Waals surface area contributed by atoms with Crippen molar-refractivity contribution < 1.29 is 19.1 Å². The first-order valence-corrected chi connectivity index (χ1v) is 10.9. The Labute approximate surface area is 189 Å². The van der Waals surface area contributed by atoms with E-state index in [1.807, 2.05) is 31.2 Å². The number of nitrogens with zero attached hydrogens (tertiary/aromatic N) is 1. The zero-order valence-corrected chi connectivity index (χ0v) is 18.9. The van der Waals surface area contributed by atoms with Crippen LogP contribution in [0.1, 0.15) is 41.3 Å². The van der Waals surface area contributed by atoms with Gasteiger partial charge in [0.2, 0.25) is 11.8 Å². The number of methoxy groups -OCH3 is 1. The number of hydrogen-bond acceptors (Lipinski definition) is 4. The molecule has 0 spiro atoms. The topological polar surface area (TPSA) is 87.7 Å². The first kappa shape index (κ1) is 23.3. The Morgan fingerprint density at radius 1 is 1.09 bits per heavy atom. The second-order valence-electron chi connectivity index (χ2n) is 8.25. The molecule has 1 unspecified atom stereocenters. The van der Waals surface area contributed by atoms with Crippen molar-refractivity contribution in [1.29, 1.82) is 0 Å². The molecule has 0 radical (unpaired) electrons. The summed E-state index contributed by atoms with van der Waals surface area (Å²) in [6.45, 7) is 4.54. The first-order chi connectivity index (χ1) is 15.4. The zero-order valence-electron chi connectivity index (χ0n) is 18.9. The molecule has 7 nitrogen and oxygen atoms in total. The van der Waals surface area contributed by atoms with Gasteiger partial charge < -0.3 is 20.3 Å². The molecule has 1 fully saturated rings. The Balaban J connectivity index is 1.55. The van der Waals surface area contributed by atoms with E-state index in [1.54, 1.807) is 36.3 Å². The monoisotopic (exact) mass is 437 g/mol. The molecule has 1 aliphatic heterocycles. The Hall–Kier alpha value is -3.35. The lowest BCUT2D eigenvalue weighted by Crippen LogP contribution is -2.53. The minimum absolute atomic E-state index is 0.0360. The SMILES string of the molecule is COc1cccc(C(=O)N2CCC(NC(=O)C(Cc3ccc(C)cc3)NC(C)=O)CC2)c1. The van der Waals surface area contributed by atoms with E-state index < -0.39 is 6.04 Å². The number of rotatable bonds is 7. The van der Waals surface area contributed by atoms with Crippen molar-refractivity contribution in [2.24, 2.45) is 0 Å². The Bertz CT molecular complexity index is 950. The van der Waals surface area contributed by atoms with Crippen molar-refractivity contribution in [3.63, 3.8) is 0 Å². The van der Waals surface area contributed by atoms with E-state index in [9.17, 15) is 14.4 Å². The number of ether oxygens (including phenoxy) is 1. The first-order valence-electron chi connectivity index (χ1n) is 10.9. The average Bonchev–Trinajstić information content (AvgIpc) is 2.80. The summed E-state index contributed by atoms with van der Waals surface area (Å²) in [5.41, 5.74) is 2.73. The van der Waals surface area contributed by atoms with Crippen LogP contribution >= 0.6 is 0 Å².